The first-order valence-corrected chi connectivity index (χ1v) is 7.48. The highest BCUT2D eigenvalue weighted by Gasteiger charge is 2.26. The largest absolute Gasteiger partial charge is 0.345 e. The number of nitrogens with zero attached hydrogens (tertiary/aromatic N) is 3. The molecule has 3 rings (SSSR count). The van der Waals surface area contributed by atoms with Crippen LogP contribution in [0.15, 0.2) is 24.4 Å². The highest BCUT2D eigenvalue weighted by atomic mass is 35.5. The van der Waals surface area contributed by atoms with Gasteiger partial charge in [-0.2, -0.15) is 0 Å². The first kappa shape index (κ1) is 16.7. The van der Waals surface area contributed by atoms with Gasteiger partial charge in [0.25, 0.3) is 0 Å². The summed E-state index contributed by atoms with van der Waals surface area (Å²) in [4.78, 5) is 12.4. The number of piperidine rings is 1. The lowest BCUT2D eigenvalue weighted by Crippen LogP contribution is -2.49. The number of pyridine rings is 1. The van der Waals surface area contributed by atoms with Crippen molar-refractivity contribution in [1.82, 2.24) is 25.2 Å². The van der Waals surface area contributed by atoms with Gasteiger partial charge >= 0.3 is 0 Å². The van der Waals surface area contributed by atoms with Gasteiger partial charge in [-0.05, 0) is 44.4 Å². The van der Waals surface area contributed by atoms with E-state index in [0.717, 1.165) is 30.9 Å². The summed E-state index contributed by atoms with van der Waals surface area (Å²) in [5.74, 6) is 1.38. The van der Waals surface area contributed by atoms with E-state index in [1.807, 2.05) is 35.7 Å². The maximum atomic E-state index is 12.4. The van der Waals surface area contributed by atoms with E-state index in [2.05, 4.69) is 27.8 Å². The molecule has 3 heterocycles. The summed E-state index contributed by atoms with van der Waals surface area (Å²) in [6, 6.07) is 5.47. The fourth-order valence-electron chi connectivity index (χ4n) is 2.84. The summed E-state index contributed by atoms with van der Waals surface area (Å²) in [5, 5.41) is 14.6. The van der Waals surface area contributed by atoms with Crippen molar-refractivity contribution in [1.29, 1.82) is 0 Å². The van der Waals surface area contributed by atoms with Crippen LogP contribution in [0.2, 0.25) is 0 Å². The Morgan fingerprint density at radius 2 is 2.27 bits per heavy atom. The number of amides is 1. The van der Waals surface area contributed by atoms with Crippen LogP contribution >= 0.6 is 12.4 Å². The summed E-state index contributed by atoms with van der Waals surface area (Å²) in [6.07, 6.45) is 3.93. The molecule has 120 valence electrons. The summed E-state index contributed by atoms with van der Waals surface area (Å²) in [5.41, 5.74) is 0.790. The fourth-order valence-corrected chi connectivity index (χ4v) is 2.84. The zero-order chi connectivity index (χ0) is 14.8. The average Bonchev–Trinajstić information content (AvgIpc) is 2.91. The van der Waals surface area contributed by atoms with Crippen molar-refractivity contribution in [3.8, 4) is 0 Å². The predicted molar refractivity (Wildman–Crippen MR) is 87.0 cm³/mol. The van der Waals surface area contributed by atoms with E-state index in [1.165, 1.54) is 0 Å². The van der Waals surface area contributed by atoms with Crippen LogP contribution in [0.3, 0.4) is 0 Å². The highest BCUT2D eigenvalue weighted by molar-refractivity contribution is 5.85. The normalized spacial score (nSPS) is 22.8. The number of carbonyl (C=O) groups excluding carboxylic acids is 1. The van der Waals surface area contributed by atoms with Gasteiger partial charge < -0.3 is 10.6 Å². The van der Waals surface area contributed by atoms with Crippen LogP contribution in [0, 0.1) is 5.92 Å². The quantitative estimate of drug-likeness (QED) is 0.902. The Balaban J connectivity index is 0.00000176. The number of carbonyl (C=O) groups is 1. The zero-order valence-electron chi connectivity index (χ0n) is 12.8. The van der Waals surface area contributed by atoms with Crippen molar-refractivity contribution in [3.63, 3.8) is 0 Å². The molecule has 0 bridgehead atoms. The van der Waals surface area contributed by atoms with Gasteiger partial charge in [-0.15, -0.1) is 22.6 Å². The predicted octanol–water partition coefficient (Wildman–Crippen LogP) is 1.72. The van der Waals surface area contributed by atoms with Crippen molar-refractivity contribution >= 4 is 24.0 Å². The van der Waals surface area contributed by atoms with Crippen LogP contribution in [0.5, 0.6) is 0 Å². The third-order valence-corrected chi connectivity index (χ3v) is 4.07. The van der Waals surface area contributed by atoms with Crippen LogP contribution in [-0.4, -0.2) is 33.1 Å². The summed E-state index contributed by atoms with van der Waals surface area (Å²) < 4.78 is 1.90. The molecule has 1 aliphatic heterocycles. The molecule has 1 amide bonds. The van der Waals surface area contributed by atoms with Crippen LogP contribution in [-0.2, 0) is 4.79 Å². The van der Waals surface area contributed by atoms with E-state index < -0.39 is 0 Å². The molecule has 3 unspecified atom stereocenters. The molecule has 6 nitrogen and oxygen atoms in total. The summed E-state index contributed by atoms with van der Waals surface area (Å²) in [7, 11) is 0. The first-order chi connectivity index (χ1) is 10.1. The lowest BCUT2D eigenvalue weighted by atomic mass is 9.94. The second kappa shape index (κ2) is 7.07. The molecule has 1 fully saturated rings. The number of halogens is 1. The zero-order valence-corrected chi connectivity index (χ0v) is 13.6. The third-order valence-electron chi connectivity index (χ3n) is 4.07. The van der Waals surface area contributed by atoms with E-state index >= 15 is 0 Å². The van der Waals surface area contributed by atoms with Crippen LogP contribution in [0.25, 0.3) is 5.65 Å². The second-order valence-corrected chi connectivity index (χ2v) is 5.85. The molecule has 2 aromatic heterocycles. The lowest BCUT2D eigenvalue weighted by molar-refractivity contribution is -0.124. The molecular formula is C15H22ClN5O. The van der Waals surface area contributed by atoms with Gasteiger partial charge in [0.05, 0.1) is 12.1 Å². The SMILES string of the molecule is CC1CCNC(C(=O)NC(C)c2nnc3ccccn23)C1.Cl. The summed E-state index contributed by atoms with van der Waals surface area (Å²) >= 11 is 0. The number of rotatable bonds is 3. The Kier molecular flexibility index (Phi) is 5.37. The van der Waals surface area contributed by atoms with Gasteiger partial charge in [0, 0.05) is 6.20 Å². The van der Waals surface area contributed by atoms with Crippen LogP contribution in [0.1, 0.15) is 38.6 Å². The molecule has 1 aliphatic rings. The smallest absolute Gasteiger partial charge is 0.237 e. The van der Waals surface area contributed by atoms with Crippen molar-refractivity contribution in [3.05, 3.63) is 30.2 Å². The van der Waals surface area contributed by atoms with Crippen molar-refractivity contribution in [2.24, 2.45) is 5.92 Å². The molecule has 7 heteroatoms. The van der Waals surface area contributed by atoms with Gasteiger partial charge in [0.1, 0.15) is 0 Å². The van der Waals surface area contributed by atoms with Crippen LogP contribution in [0.4, 0.5) is 0 Å². The molecule has 0 aliphatic carbocycles. The maximum absolute atomic E-state index is 12.4. The fraction of sp³-hybridized carbons (Fsp3) is 0.533. The Morgan fingerprint density at radius 3 is 3.05 bits per heavy atom. The van der Waals surface area contributed by atoms with E-state index in [9.17, 15) is 4.79 Å². The molecule has 2 aromatic rings. The molecule has 2 N–H and O–H groups in total. The Bertz CT molecular complexity index is 644. The number of hydrogen-bond acceptors (Lipinski definition) is 4. The molecule has 0 aromatic carbocycles. The van der Waals surface area contributed by atoms with E-state index in [0.29, 0.717) is 5.92 Å². The standard InChI is InChI=1S/C15H21N5O.ClH/c1-10-6-7-16-12(9-10)15(21)17-11(2)14-19-18-13-5-3-4-8-20(13)14;/h3-5,8,10-12,16H,6-7,9H2,1-2H3,(H,17,21);1H. The number of fused-ring (bicyclic) bond motifs is 1. The highest BCUT2D eigenvalue weighted by Crippen LogP contribution is 2.17. The average molecular weight is 324 g/mol. The Morgan fingerprint density at radius 1 is 1.45 bits per heavy atom. The maximum Gasteiger partial charge on any atom is 0.237 e. The molecule has 1 saturated heterocycles. The summed E-state index contributed by atoms with van der Waals surface area (Å²) in [6.45, 7) is 5.03. The molecule has 3 atom stereocenters. The minimum Gasteiger partial charge on any atom is -0.345 e. The molecule has 0 saturated carbocycles. The Hall–Kier alpha value is -1.66. The number of aromatic nitrogens is 3. The lowest BCUT2D eigenvalue weighted by Gasteiger charge is -2.28. The van der Waals surface area contributed by atoms with E-state index in [1.54, 1.807) is 0 Å². The first-order valence-electron chi connectivity index (χ1n) is 7.48. The van der Waals surface area contributed by atoms with Crippen molar-refractivity contribution in [2.75, 3.05) is 6.54 Å². The van der Waals surface area contributed by atoms with Gasteiger partial charge in [0.2, 0.25) is 5.91 Å². The number of hydrogen-bond donors (Lipinski definition) is 2. The van der Waals surface area contributed by atoms with Gasteiger partial charge in [-0.1, -0.05) is 13.0 Å². The van der Waals surface area contributed by atoms with Crippen molar-refractivity contribution < 1.29 is 4.79 Å². The second-order valence-electron chi connectivity index (χ2n) is 5.85. The number of nitrogens with one attached hydrogen (secondary N) is 2. The molecule has 22 heavy (non-hydrogen) atoms. The van der Waals surface area contributed by atoms with Gasteiger partial charge in [0.15, 0.2) is 11.5 Å². The minimum absolute atomic E-state index is 0. The Labute approximate surface area is 136 Å². The van der Waals surface area contributed by atoms with Crippen LogP contribution < -0.4 is 10.6 Å². The monoisotopic (exact) mass is 323 g/mol. The third kappa shape index (κ3) is 3.39. The van der Waals surface area contributed by atoms with Gasteiger partial charge in [-0.25, -0.2) is 0 Å². The molecule has 0 spiro atoms. The van der Waals surface area contributed by atoms with E-state index in [4.69, 9.17) is 0 Å². The molecular weight excluding hydrogens is 302 g/mol. The minimum atomic E-state index is -0.172. The van der Waals surface area contributed by atoms with Crippen molar-refractivity contribution in [2.45, 2.75) is 38.8 Å². The van der Waals surface area contributed by atoms with Gasteiger partial charge in [-0.3, -0.25) is 9.20 Å². The van der Waals surface area contributed by atoms with E-state index in [-0.39, 0.29) is 30.4 Å². The molecule has 0 radical (unpaired) electrons. The topological polar surface area (TPSA) is 71.3 Å².